The van der Waals surface area contributed by atoms with Crippen LogP contribution in [0, 0.1) is 5.92 Å². The molecule has 2 N–H and O–H groups in total. The molecule has 0 aliphatic carbocycles. The quantitative estimate of drug-likeness (QED) is 0.643. The van der Waals surface area contributed by atoms with Crippen LogP contribution in [0.25, 0.3) is 0 Å². The average Bonchev–Trinajstić information content (AvgIpc) is 2.98. The van der Waals surface area contributed by atoms with Crippen LogP contribution in [0.4, 0.5) is 0 Å². The van der Waals surface area contributed by atoms with Crippen LogP contribution < -0.4 is 5.73 Å². The first-order valence-corrected chi connectivity index (χ1v) is 11.6. The molecule has 2 rings (SSSR count). The summed E-state index contributed by atoms with van der Waals surface area (Å²) in [5.41, 5.74) is 6.97. The Morgan fingerprint density at radius 1 is 1.22 bits per heavy atom. The largest absolute Gasteiger partial charge is 0.337 e. The van der Waals surface area contributed by atoms with Gasteiger partial charge in [0.2, 0.25) is 5.91 Å². The topological polar surface area (TPSA) is 83.7 Å². The fourth-order valence-corrected chi connectivity index (χ4v) is 5.27. The van der Waals surface area contributed by atoms with Crippen LogP contribution in [0.5, 0.6) is 0 Å². The van der Waals surface area contributed by atoms with E-state index in [4.69, 9.17) is 5.73 Å². The third-order valence-corrected chi connectivity index (χ3v) is 6.65. The number of rotatable bonds is 10. The summed E-state index contributed by atoms with van der Waals surface area (Å²) in [6.07, 6.45) is 1.40. The van der Waals surface area contributed by atoms with E-state index < -0.39 is 9.84 Å². The number of carbonyl (C=O) groups excluding carboxylic acids is 1. The van der Waals surface area contributed by atoms with Gasteiger partial charge in [-0.05, 0) is 24.3 Å². The lowest BCUT2D eigenvalue weighted by atomic mass is 10.1. The zero-order valence-corrected chi connectivity index (χ0v) is 17.3. The number of carbonyl (C=O) groups is 1. The molecule has 1 aliphatic rings. The van der Waals surface area contributed by atoms with Crippen molar-refractivity contribution in [1.29, 1.82) is 0 Å². The molecule has 0 saturated carbocycles. The molecule has 1 fully saturated rings. The molecule has 1 heterocycles. The summed E-state index contributed by atoms with van der Waals surface area (Å²) in [4.78, 5) is 16.9. The van der Waals surface area contributed by atoms with Crippen molar-refractivity contribution in [2.24, 2.45) is 11.7 Å². The minimum atomic E-state index is -3.02. The maximum absolute atomic E-state index is 13.0. The first kappa shape index (κ1) is 21.9. The highest BCUT2D eigenvalue weighted by Crippen LogP contribution is 2.19. The molecule has 27 heavy (non-hydrogen) atoms. The van der Waals surface area contributed by atoms with Crippen molar-refractivity contribution in [3.63, 3.8) is 0 Å². The Balaban J connectivity index is 2.00. The molecule has 1 atom stereocenters. The predicted octanol–water partition coefficient (Wildman–Crippen LogP) is 1.16. The standard InChI is InChI=1S/C20H33N3O3S/c1-17(2)14-23(19-9-13-27(25,26)16-19)20(24)15-22(12-10-21)11-8-18-6-4-3-5-7-18/h3-7,17,19H,8-16,21H2,1-2H3. The molecule has 7 heteroatoms. The molecule has 1 saturated heterocycles. The summed E-state index contributed by atoms with van der Waals surface area (Å²) in [5, 5.41) is 0. The van der Waals surface area contributed by atoms with Crippen molar-refractivity contribution in [1.82, 2.24) is 9.80 Å². The first-order chi connectivity index (χ1) is 12.8. The van der Waals surface area contributed by atoms with E-state index in [2.05, 4.69) is 30.9 Å². The van der Waals surface area contributed by atoms with Gasteiger partial charge in [-0.3, -0.25) is 9.69 Å². The van der Waals surface area contributed by atoms with Gasteiger partial charge in [-0.15, -0.1) is 0 Å². The van der Waals surface area contributed by atoms with Crippen molar-refractivity contribution in [3.05, 3.63) is 35.9 Å². The van der Waals surface area contributed by atoms with Gasteiger partial charge in [0.25, 0.3) is 0 Å². The van der Waals surface area contributed by atoms with E-state index in [0.29, 0.717) is 32.0 Å². The van der Waals surface area contributed by atoms with Gasteiger partial charge in [0.1, 0.15) is 0 Å². The van der Waals surface area contributed by atoms with Gasteiger partial charge in [0.05, 0.1) is 18.1 Å². The molecule has 0 aromatic heterocycles. The van der Waals surface area contributed by atoms with Gasteiger partial charge in [-0.2, -0.15) is 0 Å². The molecule has 1 amide bonds. The predicted molar refractivity (Wildman–Crippen MR) is 109 cm³/mol. The Labute approximate surface area is 163 Å². The SMILES string of the molecule is CC(C)CN(C(=O)CN(CCN)CCc1ccccc1)C1CCS(=O)(=O)C1. The average molecular weight is 396 g/mol. The number of nitrogens with two attached hydrogens (primary N) is 1. The molecule has 0 radical (unpaired) electrons. The fourth-order valence-electron chi connectivity index (χ4n) is 3.54. The van der Waals surface area contributed by atoms with Gasteiger partial charge in [-0.1, -0.05) is 44.2 Å². The van der Waals surface area contributed by atoms with Crippen molar-refractivity contribution >= 4 is 15.7 Å². The smallest absolute Gasteiger partial charge is 0.237 e. The maximum atomic E-state index is 13.0. The van der Waals surface area contributed by atoms with E-state index in [0.717, 1.165) is 13.0 Å². The van der Waals surface area contributed by atoms with Gasteiger partial charge >= 0.3 is 0 Å². The van der Waals surface area contributed by atoms with Crippen LogP contribution in [0.2, 0.25) is 0 Å². The molecular formula is C20H33N3O3S. The summed E-state index contributed by atoms with van der Waals surface area (Å²) in [7, 11) is -3.02. The minimum Gasteiger partial charge on any atom is -0.337 e. The Morgan fingerprint density at radius 2 is 1.93 bits per heavy atom. The third kappa shape index (κ3) is 7.24. The third-order valence-electron chi connectivity index (χ3n) is 4.90. The number of benzene rings is 1. The second-order valence-electron chi connectivity index (χ2n) is 7.80. The monoisotopic (exact) mass is 395 g/mol. The highest BCUT2D eigenvalue weighted by molar-refractivity contribution is 7.91. The van der Waals surface area contributed by atoms with Gasteiger partial charge < -0.3 is 10.6 Å². The summed E-state index contributed by atoms with van der Waals surface area (Å²) in [5.74, 6) is 0.573. The molecule has 0 spiro atoms. The van der Waals surface area contributed by atoms with Crippen molar-refractivity contribution in [2.45, 2.75) is 32.7 Å². The van der Waals surface area contributed by atoms with Crippen molar-refractivity contribution < 1.29 is 13.2 Å². The van der Waals surface area contributed by atoms with Crippen LogP contribution >= 0.6 is 0 Å². The van der Waals surface area contributed by atoms with Gasteiger partial charge in [0, 0.05) is 32.2 Å². The van der Waals surface area contributed by atoms with Gasteiger partial charge in [0.15, 0.2) is 9.84 Å². The maximum Gasteiger partial charge on any atom is 0.237 e. The normalized spacial score (nSPS) is 18.9. The first-order valence-electron chi connectivity index (χ1n) is 9.77. The van der Waals surface area contributed by atoms with Gasteiger partial charge in [-0.25, -0.2) is 8.42 Å². The number of amides is 1. The van der Waals surface area contributed by atoms with Crippen LogP contribution in [0.3, 0.4) is 0 Å². The number of hydrogen-bond acceptors (Lipinski definition) is 5. The molecule has 1 unspecified atom stereocenters. The Hall–Kier alpha value is -1.44. The molecule has 1 aliphatic heterocycles. The summed E-state index contributed by atoms with van der Waals surface area (Å²) in [6, 6.07) is 9.98. The Kier molecular flexibility index (Phi) is 8.26. The zero-order chi connectivity index (χ0) is 19.9. The molecule has 1 aromatic carbocycles. The minimum absolute atomic E-state index is 0.00677. The van der Waals surface area contributed by atoms with E-state index in [-0.39, 0.29) is 30.0 Å². The van der Waals surface area contributed by atoms with E-state index in [1.54, 1.807) is 4.90 Å². The lowest BCUT2D eigenvalue weighted by Crippen LogP contribution is -2.48. The van der Waals surface area contributed by atoms with E-state index in [1.807, 2.05) is 18.2 Å². The lowest BCUT2D eigenvalue weighted by molar-refractivity contribution is -0.134. The summed E-state index contributed by atoms with van der Waals surface area (Å²) in [6.45, 7) is 6.88. The summed E-state index contributed by atoms with van der Waals surface area (Å²) >= 11 is 0. The van der Waals surface area contributed by atoms with Crippen LogP contribution in [-0.2, 0) is 21.1 Å². The van der Waals surface area contributed by atoms with E-state index in [1.165, 1.54) is 5.56 Å². The Morgan fingerprint density at radius 3 is 2.48 bits per heavy atom. The second kappa shape index (κ2) is 10.2. The van der Waals surface area contributed by atoms with E-state index in [9.17, 15) is 13.2 Å². The highest BCUT2D eigenvalue weighted by atomic mass is 32.2. The van der Waals surface area contributed by atoms with Crippen LogP contribution in [0.15, 0.2) is 30.3 Å². The van der Waals surface area contributed by atoms with Crippen LogP contribution in [0.1, 0.15) is 25.8 Å². The molecule has 6 nitrogen and oxygen atoms in total. The second-order valence-corrected chi connectivity index (χ2v) is 10.0. The van der Waals surface area contributed by atoms with E-state index >= 15 is 0 Å². The zero-order valence-electron chi connectivity index (χ0n) is 16.5. The Bertz CT molecular complexity index is 692. The fraction of sp³-hybridized carbons (Fsp3) is 0.650. The lowest BCUT2D eigenvalue weighted by Gasteiger charge is -2.32. The van der Waals surface area contributed by atoms with Crippen molar-refractivity contribution in [3.8, 4) is 0 Å². The number of nitrogens with zero attached hydrogens (tertiary/aromatic N) is 2. The highest BCUT2D eigenvalue weighted by Gasteiger charge is 2.35. The molecular weight excluding hydrogens is 362 g/mol. The number of sulfone groups is 1. The number of hydrogen-bond donors (Lipinski definition) is 1. The molecule has 1 aromatic rings. The van der Waals surface area contributed by atoms with Crippen molar-refractivity contribution in [2.75, 3.05) is 44.2 Å². The molecule has 152 valence electrons. The summed E-state index contributed by atoms with van der Waals surface area (Å²) < 4.78 is 23.7. The molecule has 0 bridgehead atoms. The van der Waals surface area contributed by atoms with Crippen LogP contribution in [-0.4, -0.2) is 74.4 Å².